The molecule has 0 saturated heterocycles. The summed E-state index contributed by atoms with van der Waals surface area (Å²) in [6.45, 7) is 1.37. The number of rotatable bonds is 19. The van der Waals surface area contributed by atoms with Crippen molar-refractivity contribution < 1.29 is 24.9 Å². The van der Waals surface area contributed by atoms with Crippen molar-refractivity contribution in [3.8, 4) is 0 Å². The first-order valence-corrected chi connectivity index (χ1v) is 10.7. The zero-order valence-electron chi connectivity index (χ0n) is 16.8. The molecule has 2 atom stereocenters. The highest BCUT2D eigenvalue weighted by Crippen LogP contribution is 2.13. The quantitative estimate of drug-likeness (QED) is 0.234. The van der Waals surface area contributed by atoms with Crippen molar-refractivity contribution in [2.75, 3.05) is 13.2 Å². The van der Waals surface area contributed by atoms with Crippen LogP contribution in [0.1, 0.15) is 103 Å². The van der Waals surface area contributed by atoms with E-state index in [1.807, 2.05) is 6.92 Å². The van der Waals surface area contributed by atoms with E-state index in [9.17, 15) is 9.90 Å². The van der Waals surface area contributed by atoms with Gasteiger partial charge in [-0.3, -0.25) is 4.79 Å². The number of hydrogen-bond acceptors (Lipinski definition) is 5. The second-order valence-corrected chi connectivity index (χ2v) is 7.50. The summed E-state index contributed by atoms with van der Waals surface area (Å²) in [5.41, 5.74) is 0. The van der Waals surface area contributed by atoms with Crippen molar-refractivity contribution >= 4 is 5.97 Å². The van der Waals surface area contributed by atoms with Gasteiger partial charge in [0.1, 0.15) is 12.7 Å². The van der Waals surface area contributed by atoms with Crippen LogP contribution in [0.25, 0.3) is 0 Å². The lowest BCUT2D eigenvalue weighted by atomic mass is 10.0. The second-order valence-electron chi connectivity index (χ2n) is 7.50. The van der Waals surface area contributed by atoms with Crippen LogP contribution in [0.15, 0.2) is 0 Å². The molecule has 0 aliphatic carbocycles. The van der Waals surface area contributed by atoms with Crippen molar-refractivity contribution in [3.05, 3.63) is 0 Å². The molecule has 156 valence electrons. The first kappa shape index (κ1) is 25.4. The van der Waals surface area contributed by atoms with E-state index in [-0.39, 0.29) is 25.3 Å². The van der Waals surface area contributed by atoms with Gasteiger partial charge in [0.2, 0.25) is 0 Å². The molecule has 5 nitrogen and oxygen atoms in total. The summed E-state index contributed by atoms with van der Waals surface area (Å²) in [5.74, 6) is -0.289. The predicted molar refractivity (Wildman–Crippen MR) is 105 cm³/mol. The van der Waals surface area contributed by atoms with Gasteiger partial charge in [-0.25, -0.2) is 0 Å². The molecule has 0 spiro atoms. The Morgan fingerprint density at radius 3 is 1.62 bits per heavy atom. The van der Waals surface area contributed by atoms with Crippen LogP contribution in [-0.4, -0.2) is 46.7 Å². The fraction of sp³-hybridized carbons (Fsp3) is 0.952. The maximum Gasteiger partial charge on any atom is 0.305 e. The largest absolute Gasteiger partial charge is 0.463 e. The molecule has 2 unspecified atom stereocenters. The zero-order valence-corrected chi connectivity index (χ0v) is 16.8. The number of unbranched alkanes of at least 4 members (excludes halogenated alkanes) is 12. The maximum atomic E-state index is 11.4. The van der Waals surface area contributed by atoms with Crippen LogP contribution in [0, 0.1) is 0 Å². The SMILES string of the molecule is CC(O)CCCCCCCCCCCCCCCC(=O)OCC(O)CO. The number of carbonyl (C=O) groups is 1. The van der Waals surface area contributed by atoms with Crippen LogP contribution < -0.4 is 0 Å². The summed E-state index contributed by atoms with van der Waals surface area (Å²) < 4.78 is 4.86. The minimum Gasteiger partial charge on any atom is -0.463 e. The molecule has 0 fully saturated rings. The Hall–Kier alpha value is -0.650. The Labute approximate surface area is 160 Å². The normalized spacial score (nSPS) is 13.5. The summed E-state index contributed by atoms with van der Waals surface area (Å²) in [7, 11) is 0. The molecule has 0 aromatic carbocycles. The minimum absolute atomic E-state index is 0.114. The van der Waals surface area contributed by atoms with Crippen LogP contribution in [0.4, 0.5) is 0 Å². The highest BCUT2D eigenvalue weighted by molar-refractivity contribution is 5.69. The molecule has 0 aromatic heterocycles. The number of esters is 1. The standard InChI is InChI=1S/C21H42O5/c1-19(23)15-13-11-9-7-5-3-2-4-6-8-10-12-14-16-21(25)26-18-20(24)17-22/h19-20,22-24H,2-18H2,1H3. The third-order valence-electron chi connectivity index (χ3n) is 4.65. The van der Waals surface area contributed by atoms with Crippen molar-refractivity contribution in [3.63, 3.8) is 0 Å². The molecule has 0 aliphatic rings. The molecule has 0 saturated carbocycles. The van der Waals surface area contributed by atoms with Gasteiger partial charge in [0.15, 0.2) is 0 Å². The summed E-state index contributed by atoms with van der Waals surface area (Å²) in [5, 5.41) is 26.9. The van der Waals surface area contributed by atoms with Gasteiger partial charge in [-0.1, -0.05) is 77.0 Å². The Bertz CT molecular complexity index is 307. The number of ether oxygens (including phenoxy) is 1. The van der Waals surface area contributed by atoms with Gasteiger partial charge in [-0.15, -0.1) is 0 Å². The van der Waals surface area contributed by atoms with Gasteiger partial charge in [0.25, 0.3) is 0 Å². The molecular formula is C21H42O5. The molecule has 5 heteroatoms. The smallest absolute Gasteiger partial charge is 0.305 e. The molecule has 26 heavy (non-hydrogen) atoms. The fourth-order valence-corrected chi connectivity index (χ4v) is 2.97. The van der Waals surface area contributed by atoms with E-state index < -0.39 is 6.10 Å². The van der Waals surface area contributed by atoms with Crippen LogP contribution in [0.3, 0.4) is 0 Å². The Morgan fingerprint density at radius 2 is 1.19 bits per heavy atom. The van der Waals surface area contributed by atoms with E-state index >= 15 is 0 Å². The highest BCUT2D eigenvalue weighted by atomic mass is 16.5. The Morgan fingerprint density at radius 1 is 0.769 bits per heavy atom. The maximum absolute atomic E-state index is 11.4. The molecule has 0 rings (SSSR count). The predicted octanol–water partition coefficient (Wildman–Crippen LogP) is 4.12. The minimum atomic E-state index is -0.964. The van der Waals surface area contributed by atoms with Crippen LogP contribution in [0.2, 0.25) is 0 Å². The summed E-state index contributed by atoms with van der Waals surface area (Å²) in [4.78, 5) is 11.4. The molecular weight excluding hydrogens is 332 g/mol. The monoisotopic (exact) mass is 374 g/mol. The molecule has 3 N–H and O–H groups in total. The van der Waals surface area contributed by atoms with Gasteiger partial charge in [-0.2, -0.15) is 0 Å². The molecule has 0 aliphatic heterocycles. The van der Waals surface area contributed by atoms with E-state index in [0.717, 1.165) is 32.1 Å². The summed E-state index contributed by atoms with van der Waals surface area (Å²) >= 11 is 0. The number of hydrogen-bond donors (Lipinski definition) is 3. The van der Waals surface area contributed by atoms with E-state index in [1.54, 1.807) is 0 Å². The van der Waals surface area contributed by atoms with Gasteiger partial charge in [0.05, 0.1) is 12.7 Å². The molecule has 0 radical (unpaired) electrons. The first-order chi connectivity index (χ1) is 12.6. The number of carbonyl (C=O) groups excluding carboxylic acids is 1. The van der Waals surface area contributed by atoms with Gasteiger partial charge >= 0.3 is 5.97 Å². The molecule has 0 aromatic rings. The Balaban J connectivity index is 3.14. The average molecular weight is 375 g/mol. The lowest BCUT2D eigenvalue weighted by molar-refractivity contribution is -0.147. The van der Waals surface area contributed by atoms with Gasteiger partial charge in [-0.05, 0) is 19.8 Å². The van der Waals surface area contributed by atoms with Crippen molar-refractivity contribution in [2.45, 2.75) is 115 Å². The zero-order chi connectivity index (χ0) is 19.5. The topological polar surface area (TPSA) is 87.0 Å². The van der Waals surface area contributed by atoms with E-state index in [1.165, 1.54) is 57.8 Å². The first-order valence-electron chi connectivity index (χ1n) is 10.7. The third kappa shape index (κ3) is 19.7. The van der Waals surface area contributed by atoms with E-state index in [4.69, 9.17) is 14.9 Å². The Kier molecular flexibility index (Phi) is 18.6. The third-order valence-corrected chi connectivity index (χ3v) is 4.65. The summed E-state index contributed by atoms with van der Waals surface area (Å²) in [6.07, 6.45) is 16.1. The van der Waals surface area contributed by atoms with E-state index in [2.05, 4.69) is 0 Å². The van der Waals surface area contributed by atoms with Crippen LogP contribution in [-0.2, 0) is 9.53 Å². The van der Waals surface area contributed by atoms with Crippen molar-refractivity contribution in [1.82, 2.24) is 0 Å². The molecule has 0 heterocycles. The van der Waals surface area contributed by atoms with Crippen LogP contribution in [0.5, 0.6) is 0 Å². The van der Waals surface area contributed by atoms with E-state index in [0.29, 0.717) is 6.42 Å². The second kappa shape index (κ2) is 19.1. The number of aliphatic hydroxyl groups is 3. The highest BCUT2D eigenvalue weighted by Gasteiger charge is 2.07. The van der Waals surface area contributed by atoms with Crippen LogP contribution >= 0.6 is 0 Å². The lowest BCUT2D eigenvalue weighted by Gasteiger charge is -2.08. The fourth-order valence-electron chi connectivity index (χ4n) is 2.97. The molecule has 0 bridgehead atoms. The average Bonchev–Trinajstić information content (AvgIpc) is 2.62. The van der Waals surface area contributed by atoms with Crippen molar-refractivity contribution in [1.29, 1.82) is 0 Å². The lowest BCUT2D eigenvalue weighted by Crippen LogP contribution is -2.21. The van der Waals surface area contributed by atoms with Gasteiger partial charge in [0, 0.05) is 6.42 Å². The number of aliphatic hydroxyl groups excluding tert-OH is 3. The van der Waals surface area contributed by atoms with Crippen molar-refractivity contribution in [2.24, 2.45) is 0 Å². The molecule has 0 amide bonds. The summed E-state index contributed by atoms with van der Waals surface area (Å²) in [6, 6.07) is 0. The van der Waals surface area contributed by atoms with Gasteiger partial charge < -0.3 is 20.1 Å².